The molecule has 2 aromatic heterocycles. The number of carboxylic acids is 1. The number of fused-ring (bicyclic) bond motifs is 1. The highest BCUT2D eigenvalue weighted by atomic mass is 16.4. The number of pyridine rings is 1. The van der Waals surface area contributed by atoms with E-state index in [4.69, 9.17) is 5.11 Å². The predicted octanol–water partition coefficient (Wildman–Crippen LogP) is 0.553. The molecule has 0 bridgehead atoms. The topological polar surface area (TPSA) is 101 Å². The largest absolute Gasteiger partial charge is 0.477 e. The van der Waals surface area contributed by atoms with Gasteiger partial charge in [-0.2, -0.15) is 0 Å². The van der Waals surface area contributed by atoms with Crippen LogP contribution in [0.15, 0.2) is 24.4 Å². The van der Waals surface area contributed by atoms with Gasteiger partial charge in [0.2, 0.25) is 11.8 Å². The number of rotatable bonds is 2. The minimum atomic E-state index is -1.07. The molecule has 0 aliphatic carbocycles. The molecular weight excluding hydrogens is 262 g/mol. The average Bonchev–Trinajstić information content (AvgIpc) is 2.81. The predicted molar refractivity (Wildman–Crippen MR) is 67.3 cm³/mol. The SMILES string of the molecule is O=C1CCC(c2cn3c(C(=O)O)cccc3n2)C(=O)N1. The Hall–Kier alpha value is -2.70. The van der Waals surface area contributed by atoms with E-state index in [1.54, 1.807) is 18.3 Å². The van der Waals surface area contributed by atoms with Gasteiger partial charge in [0, 0.05) is 12.6 Å². The molecule has 102 valence electrons. The highest BCUT2D eigenvalue weighted by Crippen LogP contribution is 2.24. The molecule has 7 nitrogen and oxygen atoms in total. The highest BCUT2D eigenvalue weighted by molar-refractivity contribution is 6.00. The number of piperidine rings is 1. The lowest BCUT2D eigenvalue weighted by Crippen LogP contribution is -2.39. The molecule has 2 aromatic rings. The Balaban J connectivity index is 2.05. The van der Waals surface area contributed by atoms with Gasteiger partial charge in [-0.3, -0.25) is 19.3 Å². The Morgan fingerprint density at radius 3 is 2.90 bits per heavy atom. The molecule has 1 fully saturated rings. The fraction of sp³-hybridized carbons (Fsp3) is 0.231. The fourth-order valence-electron chi connectivity index (χ4n) is 2.35. The van der Waals surface area contributed by atoms with E-state index in [-0.39, 0.29) is 23.9 Å². The van der Waals surface area contributed by atoms with E-state index in [1.165, 1.54) is 10.5 Å². The lowest BCUT2D eigenvalue weighted by molar-refractivity contribution is -0.134. The summed E-state index contributed by atoms with van der Waals surface area (Å²) in [5.41, 5.74) is 1.02. The summed E-state index contributed by atoms with van der Waals surface area (Å²) in [5.74, 6) is -2.26. The third kappa shape index (κ3) is 1.93. The number of aromatic nitrogens is 2. The van der Waals surface area contributed by atoms with Gasteiger partial charge in [-0.15, -0.1) is 0 Å². The number of carboxylic acid groups (broad SMARTS) is 1. The van der Waals surface area contributed by atoms with Crippen molar-refractivity contribution in [2.75, 3.05) is 0 Å². The second-order valence-electron chi connectivity index (χ2n) is 4.61. The van der Waals surface area contributed by atoms with Crippen LogP contribution >= 0.6 is 0 Å². The van der Waals surface area contributed by atoms with Crippen molar-refractivity contribution < 1.29 is 19.5 Å². The molecule has 3 rings (SSSR count). The smallest absolute Gasteiger partial charge is 0.352 e. The molecule has 1 atom stereocenters. The first kappa shape index (κ1) is 12.3. The summed E-state index contributed by atoms with van der Waals surface area (Å²) >= 11 is 0. The van der Waals surface area contributed by atoms with Crippen molar-refractivity contribution in [1.82, 2.24) is 14.7 Å². The van der Waals surface area contributed by atoms with Crippen LogP contribution in [-0.2, 0) is 9.59 Å². The molecule has 2 amide bonds. The summed E-state index contributed by atoms with van der Waals surface area (Å²) in [6.45, 7) is 0. The summed E-state index contributed by atoms with van der Waals surface area (Å²) in [7, 11) is 0. The Labute approximate surface area is 113 Å². The molecule has 1 saturated heterocycles. The van der Waals surface area contributed by atoms with E-state index >= 15 is 0 Å². The zero-order valence-electron chi connectivity index (χ0n) is 10.4. The molecule has 1 aliphatic rings. The second-order valence-corrected chi connectivity index (χ2v) is 4.61. The maximum atomic E-state index is 11.8. The van der Waals surface area contributed by atoms with Crippen molar-refractivity contribution in [2.45, 2.75) is 18.8 Å². The maximum Gasteiger partial charge on any atom is 0.352 e. The van der Waals surface area contributed by atoms with Gasteiger partial charge >= 0.3 is 5.97 Å². The molecular formula is C13H11N3O4. The number of carbonyl (C=O) groups excluding carboxylic acids is 2. The monoisotopic (exact) mass is 273 g/mol. The van der Waals surface area contributed by atoms with E-state index in [0.717, 1.165) is 0 Å². The first-order chi connectivity index (χ1) is 9.56. The van der Waals surface area contributed by atoms with E-state index in [9.17, 15) is 14.4 Å². The first-order valence-corrected chi connectivity index (χ1v) is 6.11. The number of imidazole rings is 1. The van der Waals surface area contributed by atoms with Crippen molar-refractivity contribution in [3.05, 3.63) is 35.8 Å². The molecule has 1 aliphatic heterocycles. The van der Waals surface area contributed by atoms with Gasteiger partial charge in [0.15, 0.2) is 0 Å². The van der Waals surface area contributed by atoms with Crippen LogP contribution in [0.4, 0.5) is 0 Å². The van der Waals surface area contributed by atoms with Crippen molar-refractivity contribution in [3.63, 3.8) is 0 Å². The van der Waals surface area contributed by atoms with Crippen LogP contribution in [0.1, 0.15) is 34.9 Å². The average molecular weight is 273 g/mol. The van der Waals surface area contributed by atoms with Gasteiger partial charge in [0.25, 0.3) is 0 Å². The molecule has 0 aromatic carbocycles. The molecule has 1 unspecified atom stereocenters. The van der Waals surface area contributed by atoms with E-state index in [1.807, 2.05) is 0 Å². The molecule has 0 saturated carbocycles. The summed E-state index contributed by atoms with van der Waals surface area (Å²) < 4.78 is 1.43. The number of hydrogen-bond acceptors (Lipinski definition) is 4. The van der Waals surface area contributed by atoms with Crippen molar-refractivity contribution in [1.29, 1.82) is 0 Å². The van der Waals surface area contributed by atoms with E-state index in [0.29, 0.717) is 17.8 Å². The molecule has 0 spiro atoms. The van der Waals surface area contributed by atoms with Crippen LogP contribution in [0.25, 0.3) is 5.65 Å². The van der Waals surface area contributed by atoms with Gasteiger partial charge in [-0.1, -0.05) is 6.07 Å². The van der Waals surface area contributed by atoms with Crippen LogP contribution in [-0.4, -0.2) is 32.3 Å². The lowest BCUT2D eigenvalue weighted by Gasteiger charge is -2.18. The van der Waals surface area contributed by atoms with Crippen molar-refractivity contribution in [3.8, 4) is 0 Å². The van der Waals surface area contributed by atoms with Gasteiger partial charge < -0.3 is 5.11 Å². The fourth-order valence-corrected chi connectivity index (χ4v) is 2.35. The lowest BCUT2D eigenvalue weighted by atomic mass is 9.95. The first-order valence-electron chi connectivity index (χ1n) is 6.11. The number of amides is 2. The number of carbonyl (C=O) groups is 3. The second kappa shape index (κ2) is 4.44. The number of imide groups is 1. The summed E-state index contributed by atoms with van der Waals surface area (Å²) in [4.78, 5) is 38.4. The maximum absolute atomic E-state index is 11.8. The zero-order chi connectivity index (χ0) is 14.3. The molecule has 0 radical (unpaired) electrons. The van der Waals surface area contributed by atoms with Gasteiger partial charge in [-0.25, -0.2) is 9.78 Å². The standard InChI is InChI=1S/C13H11N3O4/c17-11-5-4-7(12(18)15-11)8-6-16-9(13(19)20)2-1-3-10(16)14-8/h1-3,6-7H,4-5H2,(H,19,20)(H,15,17,18). The number of nitrogens with zero attached hydrogens (tertiary/aromatic N) is 2. The van der Waals surface area contributed by atoms with Gasteiger partial charge in [-0.05, 0) is 18.6 Å². The Morgan fingerprint density at radius 2 is 2.20 bits per heavy atom. The molecule has 7 heteroatoms. The number of aromatic carboxylic acids is 1. The van der Waals surface area contributed by atoms with Crippen LogP contribution < -0.4 is 5.32 Å². The number of nitrogens with one attached hydrogen (secondary N) is 1. The highest BCUT2D eigenvalue weighted by Gasteiger charge is 2.30. The quantitative estimate of drug-likeness (QED) is 0.778. The van der Waals surface area contributed by atoms with Crippen molar-refractivity contribution >= 4 is 23.4 Å². The number of hydrogen-bond donors (Lipinski definition) is 2. The van der Waals surface area contributed by atoms with Crippen molar-refractivity contribution in [2.24, 2.45) is 0 Å². The van der Waals surface area contributed by atoms with Crippen LogP contribution in [0, 0.1) is 0 Å². The van der Waals surface area contributed by atoms with Crippen LogP contribution in [0.3, 0.4) is 0 Å². The van der Waals surface area contributed by atoms with E-state index < -0.39 is 11.9 Å². The Bertz CT molecular complexity index is 734. The summed E-state index contributed by atoms with van der Waals surface area (Å²) in [6.07, 6.45) is 2.19. The van der Waals surface area contributed by atoms with Gasteiger partial charge in [0.1, 0.15) is 11.3 Å². The van der Waals surface area contributed by atoms with Crippen LogP contribution in [0.5, 0.6) is 0 Å². The Kier molecular flexibility index (Phi) is 2.74. The van der Waals surface area contributed by atoms with E-state index in [2.05, 4.69) is 10.3 Å². The van der Waals surface area contributed by atoms with Crippen LogP contribution in [0.2, 0.25) is 0 Å². The molecule has 2 N–H and O–H groups in total. The van der Waals surface area contributed by atoms with Gasteiger partial charge in [0.05, 0.1) is 11.6 Å². The normalized spacial score (nSPS) is 19.1. The molecule has 3 heterocycles. The molecule has 20 heavy (non-hydrogen) atoms. The Morgan fingerprint density at radius 1 is 1.40 bits per heavy atom. The summed E-state index contributed by atoms with van der Waals surface area (Å²) in [5, 5.41) is 11.4. The third-order valence-corrected chi connectivity index (χ3v) is 3.33. The third-order valence-electron chi connectivity index (χ3n) is 3.33. The minimum absolute atomic E-state index is 0.0774. The zero-order valence-corrected chi connectivity index (χ0v) is 10.4. The summed E-state index contributed by atoms with van der Waals surface area (Å²) in [6, 6.07) is 4.73. The minimum Gasteiger partial charge on any atom is -0.477 e.